The van der Waals surface area contributed by atoms with Crippen molar-refractivity contribution < 1.29 is 70.9 Å². The van der Waals surface area contributed by atoms with E-state index >= 15 is 0 Å². The van der Waals surface area contributed by atoms with Gasteiger partial charge in [-0.25, -0.2) is 0 Å². The summed E-state index contributed by atoms with van der Waals surface area (Å²) in [6.07, 6.45) is 0. The Hall–Kier alpha value is -1.94. The third-order valence-electron chi connectivity index (χ3n) is 0.348. The molecule has 0 N–H and O–H groups in total. The summed E-state index contributed by atoms with van der Waals surface area (Å²) < 4.78 is 4.40. The molecule has 0 spiro atoms. The molecule has 0 aromatic rings. The van der Waals surface area contributed by atoms with Crippen LogP contribution in [0.2, 0.25) is 0 Å². The van der Waals surface area contributed by atoms with E-state index in [1.165, 1.54) is 6.92 Å². The monoisotopic (exact) mass is 372 g/mol. The van der Waals surface area contributed by atoms with Gasteiger partial charge in [-0.15, -0.1) is 0 Å². The van der Waals surface area contributed by atoms with E-state index in [-0.39, 0.29) is 27.7 Å². The quantitative estimate of drug-likeness (QED) is 0.321. The summed E-state index contributed by atoms with van der Waals surface area (Å²) in [5.74, 6) is -4.54. The number of ether oxygens (including phenoxy) is 1. The topological polar surface area (TPSA) is 187 Å². The second kappa shape index (κ2) is 32.1. The van der Waals surface area contributed by atoms with Gasteiger partial charge in [0.2, 0.25) is 0 Å². The average Bonchev–Trinajstić information content (AvgIpc) is 2.12. The smallest absolute Gasteiger partial charge is 0.550 e. The molecule has 0 aromatic heterocycles. The molecule has 23 heavy (non-hydrogen) atoms. The minimum Gasteiger partial charge on any atom is -0.550 e. The summed E-state index contributed by atoms with van der Waals surface area (Å²) in [5.41, 5.74) is 0. The van der Waals surface area contributed by atoms with Gasteiger partial charge in [-0.3, -0.25) is 4.79 Å². The Morgan fingerprint density at radius 1 is 0.652 bits per heavy atom. The van der Waals surface area contributed by atoms with Gasteiger partial charge in [0.25, 0.3) is 0 Å². The molecule has 0 aliphatic rings. The van der Waals surface area contributed by atoms with Gasteiger partial charge >= 0.3 is 27.7 Å². The van der Waals surface area contributed by atoms with E-state index < -0.39 is 23.9 Å². The van der Waals surface area contributed by atoms with Gasteiger partial charge in [0, 0.05) is 30.8 Å². The van der Waals surface area contributed by atoms with Gasteiger partial charge < -0.3 is 44.3 Å². The first-order chi connectivity index (χ1) is 9.70. The van der Waals surface area contributed by atoms with Gasteiger partial charge in [0.1, 0.15) is 0 Å². The van der Waals surface area contributed by atoms with Crippen LogP contribution < -0.4 is 20.4 Å². The number of carboxylic acid groups (broad SMARTS) is 4. The Labute approximate surface area is 149 Å². The number of rotatable bonds is 1. The Morgan fingerprint density at radius 3 is 0.783 bits per heavy atom. The van der Waals surface area contributed by atoms with Crippen molar-refractivity contribution in [3.05, 3.63) is 0 Å². The van der Waals surface area contributed by atoms with Crippen LogP contribution in [0, 0.1) is 0 Å². The van der Waals surface area contributed by atoms with Crippen molar-refractivity contribution in [3.63, 3.8) is 0 Å². The molecule has 0 heterocycles. The third-order valence-corrected chi connectivity index (χ3v) is 0.348. The number of hydrogen-bond acceptors (Lipinski definition) is 10. The summed E-state index contributed by atoms with van der Waals surface area (Å²) in [5, 5.41) is 35.6. The maximum Gasteiger partial charge on any atom is 4.00 e. The fraction of sp³-hybridized carbons (Fsp3) is 0.583. The molecule has 0 atom stereocenters. The maximum atomic E-state index is 9.82. The number of aliphatic carboxylic acids is 4. The van der Waals surface area contributed by atoms with Gasteiger partial charge in [-0.05, 0) is 34.6 Å². The van der Waals surface area contributed by atoms with Gasteiger partial charge in [-0.2, -0.15) is 0 Å². The van der Waals surface area contributed by atoms with Crippen LogP contribution in [-0.4, -0.2) is 36.5 Å². The van der Waals surface area contributed by atoms with Crippen LogP contribution in [0.1, 0.15) is 41.5 Å². The van der Waals surface area contributed by atoms with E-state index in [0.29, 0.717) is 6.61 Å². The van der Waals surface area contributed by atoms with E-state index in [9.17, 15) is 4.79 Å². The number of carbonyl (C=O) groups is 5. The minimum atomic E-state index is -1.08. The standard InChI is InChI=1S/C4H8O2.4C2H4O2.Ti/c1-3-6-4(2)5;4*1-2(3)4;/h3H2,1-2H3;4*1H3,(H,3,4);/q;;;;;+4/p-4. The first-order valence-electron chi connectivity index (χ1n) is 5.54. The third kappa shape index (κ3) is 5780. The fourth-order valence-electron chi connectivity index (χ4n) is 0.203. The summed E-state index contributed by atoms with van der Waals surface area (Å²) in [4.78, 5) is 45.4. The SMILES string of the molecule is CC(=O)[O-].CC(=O)[O-].CC(=O)[O-].CC(=O)[O-].CCOC(C)=O.[Ti+4]. The van der Waals surface area contributed by atoms with E-state index in [0.717, 1.165) is 27.7 Å². The van der Waals surface area contributed by atoms with Crippen molar-refractivity contribution in [2.24, 2.45) is 0 Å². The average molecular weight is 372 g/mol. The molecule has 0 saturated carbocycles. The molecule has 0 saturated heterocycles. The molecule has 0 bridgehead atoms. The van der Waals surface area contributed by atoms with Gasteiger partial charge in [-0.1, -0.05) is 0 Å². The van der Waals surface area contributed by atoms with E-state index in [2.05, 4.69) is 4.74 Å². The molecule has 11 heteroatoms. The molecule has 0 radical (unpaired) electrons. The van der Waals surface area contributed by atoms with Gasteiger partial charge in [0.05, 0.1) is 6.61 Å². The second-order valence-electron chi connectivity index (χ2n) is 2.89. The van der Waals surface area contributed by atoms with Crippen molar-refractivity contribution in [1.82, 2.24) is 0 Å². The second-order valence-corrected chi connectivity index (χ2v) is 2.89. The summed E-state index contributed by atoms with van der Waals surface area (Å²) in [7, 11) is 0. The Kier molecular flexibility index (Phi) is 52.2. The molecule has 0 aliphatic heterocycles. The van der Waals surface area contributed by atoms with Crippen molar-refractivity contribution in [1.29, 1.82) is 0 Å². The summed E-state index contributed by atoms with van der Waals surface area (Å²) >= 11 is 0. The minimum absolute atomic E-state index is 0. The molecule has 0 rings (SSSR count). The molecule has 0 aliphatic carbocycles. The summed E-state index contributed by atoms with van der Waals surface area (Å²) in [6.45, 7) is 7.54. The van der Waals surface area contributed by atoms with E-state index in [1.54, 1.807) is 6.92 Å². The van der Waals surface area contributed by atoms with E-state index in [4.69, 9.17) is 39.6 Å². The molecule has 10 nitrogen and oxygen atoms in total. The zero-order chi connectivity index (χ0) is 19.3. The van der Waals surface area contributed by atoms with Crippen molar-refractivity contribution in [2.75, 3.05) is 6.61 Å². The zero-order valence-electron chi connectivity index (χ0n) is 13.8. The Balaban J connectivity index is -0.0000000393. The van der Waals surface area contributed by atoms with Crippen molar-refractivity contribution in [2.45, 2.75) is 41.5 Å². The Bertz CT molecular complexity index is 264. The normalized spacial score (nSPS) is 6.35. The number of carbonyl (C=O) groups excluding carboxylic acids is 5. The molecular weight excluding hydrogens is 352 g/mol. The zero-order valence-corrected chi connectivity index (χ0v) is 15.4. The molecule has 0 fully saturated rings. The van der Waals surface area contributed by atoms with Crippen LogP contribution in [0.4, 0.5) is 0 Å². The van der Waals surface area contributed by atoms with Crippen LogP contribution >= 0.6 is 0 Å². The van der Waals surface area contributed by atoms with Crippen LogP contribution in [0.15, 0.2) is 0 Å². The number of hydrogen-bond donors (Lipinski definition) is 0. The predicted octanol–water partition coefficient (Wildman–Crippen LogP) is -4.41. The molecular formula is C12H20O10Ti. The molecule has 132 valence electrons. The first kappa shape index (κ1) is 37.4. The van der Waals surface area contributed by atoms with Crippen molar-refractivity contribution in [3.8, 4) is 0 Å². The predicted molar refractivity (Wildman–Crippen MR) is 65.0 cm³/mol. The maximum absolute atomic E-state index is 9.82. The number of esters is 1. The number of carboxylic acids is 4. The van der Waals surface area contributed by atoms with Crippen LogP contribution in [0.25, 0.3) is 0 Å². The van der Waals surface area contributed by atoms with Crippen LogP contribution in [0.3, 0.4) is 0 Å². The van der Waals surface area contributed by atoms with Gasteiger partial charge in [0.15, 0.2) is 0 Å². The first-order valence-corrected chi connectivity index (χ1v) is 5.54. The van der Waals surface area contributed by atoms with E-state index in [1.807, 2.05) is 0 Å². The largest absolute Gasteiger partial charge is 4.00 e. The molecule has 0 aromatic carbocycles. The van der Waals surface area contributed by atoms with Crippen LogP contribution in [-0.2, 0) is 50.4 Å². The molecule has 0 unspecified atom stereocenters. The van der Waals surface area contributed by atoms with Crippen LogP contribution in [0.5, 0.6) is 0 Å². The fourth-order valence-corrected chi connectivity index (χ4v) is 0.203. The van der Waals surface area contributed by atoms with Crippen molar-refractivity contribution >= 4 is 29.8 Å². The summed E-state index contributed by atoms with van der Waals surface area (Å²) in [6, 6.07) is 0. The molecule has 0 amide bonds. The Morgan fingerprint density at radius 2 is 0.783 bits per heavy atom.